The Hall–Kier alpha value is -1.57. The lowest BCUT2D eigenvalue weighted by atomic mass is 10.1. The van der Waals surface area contributed by atoms with Crippen molar-refractivity contribution in [2.45, 2.75) is 45.4 Å². The normalized spacial score (nSPS) is 10.7. The molecule has 98 valence electrons. The Balaban J connectivity index is 2.12. The summed E-state index contributed by atoms with van der Waals surface area (Å²) in [5.74, 6) is -0.0465. The van der Waals surface area contributed by atoms with Gasteiger partial charge in [-0.1, -0.05) is 56.9 Å². The van der Waals surface area contributed by atoms with Crippen LogP contribution in [-0.4, -0.2) is 5.91 Å². The van der Waals surface area contributed by atoms with Crippen molar-refractivity contribution in [2.24, 2.45) is 0 Å². The van der Waals surface area contributed by atoms with Crippen molar-refractivity contribution in [3.05, 3.63) is 42.5 Å². The lowest BCUT2D eigenvalue weighted by Crippen LogP contribution is -2.07. The molecule has 18 heavy (non-hydrogen) atoms. The Morgan fingerprint density at radius 2 is 1.83 bits per heavy atom. The van der Waals surface area contributed by atoms with Gasteiger partial charge in [0.15, 0.2) is 0 Å². The van der Waals surface area contributed by atoms with E-state index < -0.39 is 0 Å². The summed E-state index contributed by atoms with van der Waals surface area (Å²) < 4.78 is 0. The average Bonchev–Trinajstić information content (AvgIpc) is 2.39. The van der Waals surface area contributed by atoms with Gasteiger partial charge >= 0.3 is 0 Å². The van der Waals surface area contributed by atoms with E-state index in [2.05, 4.69) is 12.2 Å². The van der Waals surface area contributed by atoms with Gasteiger partial charge in [0.1, 0.15) is 0 Å². The molecule has 0 aliphatic carbocycles. The molecule has 0 bridgehead atoms. The maximum atomic E-state index is 11.5. The highest BCUT2D eigenvalue weighted by atomic mass is 16.1. The molecule has 0 saturated heterocycles. The van der Waals surface area contributed by atoms with E-state index >= 15 is 0 Å². The molecule has 2 heteroatoms. The standard InChI is InChI=1S/C16H23NO/c1-2-3-4-5-6-7-11-14-16(18)17-15-12-9-8-10-13-15/h8-14H,2-7H2,1H3,(H,17,18)/b14-11-. The Kier molecular flexibility index (Phi) is 7.61. The maximum Gasteiger partial charge on any atom is 0.248 e. The molecule has 0 heterocycles. The lowest BCUT2D eigenvalue weighted by Gasteiger charge is -2.00. The van der Waals surface area contributed by atoms with E-state index in [-0.39, 0.29) is 5.91 Å². The predicted octanol–water partition coefficient (Wildman–Crippen LogP) is 4.54. The number of unbranched alkanes of at least 4 members (excludes halogenated alkanes) is 5. The molecule has 0 fully saturated rings. The number of hydrogen-bond donors (Lipinski definition) is 1. The van der Waals surface area contributed by atoms with Gasteiger partial charge in [-0.25, -0.2) is 0 Å². The largest absolute Gasteiger partial charge is 0.323 e. The van der Waals surface area contributed by atoms with Crippen LogP contribution in [0.2, 0.25) is 0 Å². The van der Waals surface area contributed by atoms with E-state index in [1.165, 1.54) is 32.1 Å². The van der Waals surface area contributed by atoms with Crippen molar-refractivity contribution >= 4 is 11.6 Å². The summed E-state index contributed by atoms with van der Waals surface area (Å²) in [5.41, 5.74) is 0.843. The van der Waals surface area contributed by atoms with Crippen LogP contribution in [-0.2, 0) is 4.79 Å². The van der Waals surface area contributed by atoms with Crippen molar-refractivity contribution in [1.82, 2.24) is 0 Å². The van der Waals surface area contributed by atoms with Crippen LogP contribution >= 0.6 is 0 Å². The van der Waals surface area contributed by atoms with Gasteiger partial charge in [-0.2, -0.15) is 0 Å². The molecule has 0 saturated carbocycles. The zero-order valence-corrected chi connectivity index (χ0v) is 11.2. The van der Waals surface area contributed by atoms with Gasteiger partial charge in [-0.3, -0.25) is 4.79 Å². The van der Waals surface area contributed by atoms with E-state index in [4.69, 9.17) is 0 Å². The van der Waals surface area contributed by atoms with E-state index in [1.807, 2.05) is 36.4 Å². The summed E-state index contributed by atoms with van der Waals surface area (Å²) in [6.07, 6.45) is 10.9. The van der Waals surface area contributed by atoms with Crippen LogP contribution < -0.4 is 5.32 Å². The zero-order chi connectivity index (χ0) is 13.1. The summed E-state index contributed by atoms with van der Waals surface area (Å²) in [7, 11) is 0. The molecule has 0 aliphatic heterocycles. The second kappa shape index (κ2) is 9.46. The van der Waals surface area contributed by atoms with E-state index in [0.29, 0.717) is 0 Å². The Morgan fingerprint density at radius 3 is 2.56 bits per heavy atom. The van der Waals surface area contributed by atoms with Gasteiger partial charge in [0.2, 0.25) is 5.91 Å². The lowest BCUT2D eigenvalue weighted by molar-refractivity contribution is -0.111. The highest BCUT2D eigenvalue weighted by Gasteiger charge is 1.95. The van der Waals surface area contributed by atoms with Gasteiger partial charge in [-0.15, -0.1) is 0 Å². The first kappa shape index (κ1) is 14.5. The second-order valence-corrected chi connectivity index (χ2v) is 4.46. The second-order valence-electron chi connectivity index (χ2n) is 4.46. The van der Waals surface area contributed by atoms with Gasteiger partial charge in [0.05, 0.1) is 0 Å². The van der Waals surface area contributed by atoms with E-state index in [1.54, 1.807) is 6.08 Å². The molecule has 1 rings (SSSR count). The third-order valence-electron chi connectivity index (χ3n) is 2.78. The molecule has 0 spiro atoms. The average molecular weight is 245 g/mol. The van der Waals surface area contributed by atoms with Crippen LogP contribution in [0.25, 0.3) is 0 Å². The smallest absolute Gasteiger partial charge is 0.248 e. The minimum atomic E-state index is -0.0465. The molecule has 2 nitrogen and oxygen atoms in total. The molecular formula is C16H23NO. The van der Waals surface area contributed by atoms with Gasteiger partial charge in [-0.05, 0) is 31.1 Å². The van der Waals surface area contributed by atoms with Crippen molar-refractivity contribution in [3.8, 4) is 0 Å². The van der Waals surface area contributed by atoms with Crippen molar-refractivity contribution in [2.75, 3.05) is 5.32 Å². The summed E-state index contributed by atoms with van der Waals surface area (Å²) in [6.45, 7) is 2.22. The van der Waals surface area contributed by atoms with Crippen LogP contribution in [0.1, 0.15) is 45.4 Å². The quantitative estimate of drug-likeness (QED) is 0.528. The molecule has 1 aromatic carbocycles. The number of benzene rings is 1. The van der Waals surface area contributed by atoms with E-state index in [9.17, 15) is 4.79 Å². The summed E-state index contributed by atoms with van der Waals surface area (Å²) in [4.78, 5) is 11.5. The number of hydrogen-bond acceptors (Lipinski definition) is 1. The molecule has 1 N–H and O–H groups in total. The minimum absolute atomic E-state index is 0.0465. The number of anilines is 1. The van der Waals surface area contributed by atoms with Crippen LogP contribution in [0, 0.1) is 0 Å². The third-order valence-corrected chi connectivity index (χ3v) is 2.78. The van der Waals surface area contributed by atoms with Crippen LogP contribution in [0.15, 0.2) is 42.5 Å². The number of allylic oxidation sites excluding steroid dienone is 1. The molecule has 1 amide bonds. The van der Waals surface area contributed by atoms with Crippen molar-refractivity contribution in [3.63, 3.8) is 0 Å². The first-order valence-corrected chi connectivity index (χ1v) is 6.85. The maximum absolute atomic E-state index is 11.5. The summed E-state index contributed by atoms with van der Waals surface area (Å²) in [5, 5.41) is 2.83. The predicted molar refractivity (Wildman–Crippen MR) is 77.6 cm³/mol. The summed E-state index contributed by atoms with van der Waals surface area (Å²) in [6, 6.07) is 9.52. The first-order valence-electron chi connectivity index (χ1n) is 6.85. The monoisotopic (exact) mass is 245 g/mol. The number of rotatable bonds is 8. The molecular weight excluding hydrogens is 222 g/mol. The Labute approximate surface area is 110 Å². The fourth-order valence-electron chi connectivity index (χ4n) is 1.76. The van der Waals surface area contributed by atoms with Crippen molar-refractivity contribution < 1.29 is 4.79 Å². The topological polar surface area (TPSA) is 29.1 Å². The van der Waals surface area contributed by atoms with Crippen LogP contribution in [0.5, 0.6) is 0 Å². The van der Waals surface area contributed by atoms with E-state index in [0.717, 1.165) is 12.1 Å². The number of carbonyl (C=O) groups excluding carboxylic acids is 1. The minimum Gasteiger partial charge on any atom is -0.323 e. The van der Waals surface area contributed by atoms with Gasteiger partial charge in [0.25, 0.3) is 0 Å². The molecule has 0 unspecified atom stereocenters. The Morgan fingerprint density at radius 1 is 1.11 bits per heavy atom. The van der Waals surface area contributed by atoms with Crippen LogP contribution in [0.3, 0.4) is 0 Å². The van der Waals surface area contributed by atoms with Gasteiger partial charge < -0.3 is 5.32 Å². The number of carbonyl (C=O) groups is 1. The molecule has 1 aromatic rings. The van der Waals surface area contributed by atoms with Crippen molar-refractivity contribution in [1.29, 1.82) is 0 Å². The molecule has 0 radical (unpaired) electrons. The number of amides is 1. The number of nitrogens with one attached hydrogen (secondary N) is 1. The number of para-hydroxylation sites is 1. The third kappa shape index (κ3) is 6.89. The first-order chi connectivity index (χ1) is 8.83. The van der Waals surface area contributed by atoms with Gasteiger partial charge in [0, 0.05) is 5.69 Å². The zero-order valence-electron chi connectivity index (χ0n) is 11.2. The fraction of sp³-hybridized carbons (Fsp3) is 0.438. The highest BCUT2D eigenvalue weighted by Crippen LogP contribution is 2.06. The summed E-state index contributed by atoms with van der Waals surface area (Å²) >= 11 is 0. The molecule has 0 aromatic heterocycles. The molecule has 0 aliphatic rings. The molecule has 0 atom stereocenters. The highest BCUT2D eigenvalue weighted by molar-refractivity contribution is 5.99. The fourth-order valence-corrected chi connectivity index (χ4v) is 1.76. The SMILES string of the molecule is CCCCCCC/C=C\C(=O)Nc1ccccc1. The Bertz CT molecular complexity index is 357. The van der Waals surface area contributed by atoms with Crippen LogP contribution in [0.4, 0.5) is 5.69 Å².